The van der Waals surface area contributed by atoms with E-state index in [9.17, 15) is 8.42 Å². The number of ether oxygens (including phenoxy) is 1. The number of rotatable bonds is 3. The second kappa shape index (κ2) is 7.52. The van der Waals surface area contributed by atoms with E-state index in [1.807, 2.05) is 4.90 Å². The van der Waals surface area contributed by atoms with Gasteiger partial charge in [0.25, 0.3) is 0 Å². The van der Waals surface area contributed by atoms with Crippen molar-refractivity contribution in [3.63, 3.8) is 0 Å². The molecule has 0 bridgehead atoms. The van der Waals surface area contributed by atoms with Gasteiger partial charge in [-0.05, 0) is 30.2 Å². The summed E-state index contributed by atoms with van der Waals surface area (Å²) < 4.78 is 32.9. The molecule has 1 aromatic carbocycles. The summed E-state index contributed by atoms with van der Waals surface area (Å²) in [5, 5.41) is 0.481. The molecule has 1 aromatic heterocycles. The molecule has 2 aromatic rings. The lowest BCUT2D eigenvalue weighted by Crippen LogP contribution is -2.39. The molecule has 2 aliphatic heterocycles. The van der Waals surface area contributed by atoms with Crippen LogP contribution in [0.2, 0.25) is 10.0 Å². The molecular weight excluding hydrogens is 411 g/mol. The Labute approximate surface area is 167 Å². The first-order chi connectivity index (χ1) is 12.9. The summed E-state index contributed by atoms with van der Waals surface area (Å²) in [6.45, 7) is 3.24. The highest BCUT2D eigenvalue weighted by Gasteiger charge is 2.31. The van der Waals surface area contributed by atoms with Crippen molar-refractivity contribution in [2.45, 2.75) is 17.9 Å². The Morgan fingerprint density at radius 1 is 1.11 bits per heavy atom. The first-order valence-electron chi connectivity index (χ1n) is 8.58. The zero-order chi connectivity index (χ0) is 19.0. The number of hydrogen-bond acceptors (Lipinski definition) is 6. The predicted molar refractivity (Wildman–Crippen MR) is 103 cm³/mol. The lowest BCUT2D eigenvalue weighted by atomic mass is 10.1. The highest BCUT2D eigenvalue weighted by molar-refractivity contribution is 7.89. The van der Waals surface area contributed by atoms with Crippen LogP contribution in [0.4, 0.5) is 5.95 Å². The van der Waals surface area contributed by atoms with Crippen LogP contribution in [0.25, 0.3) is 0 Å². The van der Waals surface area contributed by atoms with Crippen molar-refractivity contribution in [1.82, 2.24) is 14.3 Å². The third kappa shape index (κ3) is 3.77. The van der Waals surface area contributed by atoms with Crippen LogP contribution >= 0.6 is 23.2 Å². The molecule has 0 aliphatic carbocycles. The molecule has 0 atom stereocenters. The van der Waals surface area contributed by atoms with E-state index in [0.29, 0.717) is 37.2 Å². The van der Waals surface area contributed by atoms with E-state index in [0.717, 1.165) is 24.3 Å². The molecule has 144 valence electrons. The number of hydrogen-bond donors (Lipinski definition) is 0. The molecular formula is C17H18Cl2N4O3S. The Morgan fingerprint density at radius 2 is 1.89 bits per heavy atom. The third-order valence-corrected chi connectivity index (χ3v) is 7.26. The average molecular weight is 429 g/mol. The number of aromatic nitrogens is 2. The smallest absolute Gasteiger partial charge is 0.244 e. The monoisotopic (exact) mass is 428 g/mol. The van der Waals surface area contributed by atoms with E-state index in [1.54, 1.807) is 12.3 Å². The molecule has 10 heteroatoms. The molecule has 2 aliphatic rings. The summed E-state index contributed by atoms with van der Waals surface area (Å²) in [6.07, 6.45) is 2.35. The minimum Gasteiger partial charge on any atom is -0.378 e. The number of fused-ring (bicyclic) bond motifs is 1. The van der Waals surface area contributed by atoms with Gasteiger partial charge < -0.3 is 9.64 Å². The van der Waals surface area contributed by atoms with Crippen molar-refractivity contribution in [3.05, 3.63) is 45.7 Å². The zero-order valence-electron chi connectivity index (χ0n) is 14.4. The van der Waals surface area contributed by atoms with Gasteiger partial charge in [-0.2, -0.15) is 4.31 Å². The Morgan fingerprint density at radius 3 is 2.67 bits per heavy atom. The summed E-state index contributed by atoms with van der Waals surface area (Å²) in [5.74, 6) is 0.608. The molecule has 1 fully saturated rings. The number of anilines is 1. The van der Waals surface area contributed by atoms with Gasteiger partial charge in [0, 0.05) is 30.9 Å². The first-order valence-corrected chi connectivity index (χ1v) is 10.8. The summed E-state index contributed by atoms with van der Waals surface area (Å²) in [5.41, 5.74) is 1.69. The Bertz CT molecular complexity index is 965. The van der Waals surface area contributed by atoms with Crippen LogP contribution in [0.5, 0.6) is 0 Å². The van der Waals surface area contributed by atoms with Crippen molar-refractivity contribution >= 4 is 39.2 Å². The van der Waals surface area contributed by atoms with Crippen LogP contribution in [0, 0.1) is 0 Å². The van der Waals surface area contributed by atoms with Crippen molar-refractivity contribution in [3.8, 4) is 0 Å². The van der Waals surface area contributed by atoms with Gasteiger partial charge in [-0.15, -0.1) is 0 Å². The lowest BCUT2D eigenvalue weighted by Gasteiger charge is -2.30. The second-order valence-electron chi connectivity index (χ2n) is 6.40. The Hall–Kier alpha value is -1.45. The third-order valence-electron chi connectivity index (χ3n) is 4.70. The van der Waals surface area contributed by atoms with E-state index in [4.69, 9.17) is 27.9 Å². The summed E-state index contributed by atoms with van der Waals surface area (Å²) in [7, 11) is -3.77. The predicted octanol–water partition coefficient (Wildman–Crippen LogP) is 2.37. The fourth-order valence-electron chi connectivity index (χ4n) is 3.20. The fourth-order valence-corrected chi connectivity index (χ4v) is 5.34. The molecule has 0 radical (unpaired) electrons. The molecule has 0 N–H and O–H groups in total. The Balaban J connectivity index is 1.62. The fraction of sp³-hybridized carbons (Fsp3) is 0.412. The van der Waals surface area contributed by atoms with Gasteiger partial charge in [0.15, 0.2) is 0 Å². The van der Waals surface area contributed by atoms with Crippen LogP contribution in [0.3, 0.4) is 0 Å². The number of nitrogens with zero attached hydrogens (tertiary/aromatic N) is 4. The molecule has 0 spiro atoms. The van der Waals surface area contributed by atoms with Crippen molar-refractivity contribution in [2.24, 2.45) is 0 Å². The van der Waals surface area contributed by atoms with Gasteiger partial charge in [-0.25, -0.2) is 18.4 Å². The number of benzene rings is 1. The molecule has 0 saturated carbocycles. The van der Waals surface area contributed by atoms with Gasteiger partial charge >= 0.3 is 0 Å². The first kappa shape index (κ1) is 18.9. The van der Waals surface area contributed by atoms with Gasteiger partial charge in [0.1, 0.15) is 4.90 Å². The molecule has 1 saturated heterocycles. The summed E-state index contributed by atoms with van der Waals surface area (Å²) >= 11 is 12.1. The van der Waals surface area contributed by atoms with E-state index in [2.05, 4.69) is 9.97 Å². The van der Waals surface area contributed by atoms with Crippen LogP contribution in [0.1, 0.15) is 11.3 Å². The molecule has 4 rings (SSSR count). The topological polar surface area (TPSA) is 75.6 Å². The second-order valence-corrected chi connectivity index (χ2v) is 9.15. The van der Waals surface area contributed by atoms with Crippen molar-refractivity contribution < 1.29 is 13.2 Å². The molecule has 27 heavy (non-hydrogen) atoms. The molecule has 3 heterocycles. The standard InChI is InChI=1S/C17H18Cl2N4O3S/c18-13-1-2-14(19)16(9-13)27(24,25)23-4-3-12-10-20-17(21-15(12)11-23)22-5-7-26-8-6-22/h1-2,9-10H,3-8,11H2. The van der Waals surface area contributed by atoms with Crippen LogP contribution in [-0.4, -0.2) is 55.5 Å². The quantitative estimate of drug-likeness (QED) is 0.746. The number of sulfonamides is 1. The molecule has 0 unspecified atom stereocenters. The molecule has 0 amide bonds. The SMILES string of the molecule is O=S(=O)(c1cc(Cl)ccc1Cl)N1CCc2cnc(N3CCOCC3)nc2C1. The highest BCUT2D eigenvalue weighted by atomic mass is 35.5. The summed E-state index contributed by atoms with van der Waals surface area (Å²) in [4.78, 5) is 11.1. The lowest BCUT2D eigenvalue weighted by molar-refractivity contribution is 0.122. The van der Waals surface area contributed by atoms with Crippen LogP contribution < -0.4 is 4.90 Å². The Kier molecular flexibility index (Phi) is 5.26. The minimum atomic E-state index is -3.77. The zero-order valence-corrected chi connectivity index (χ0v) is 16.8. The van der Waals surface area contributed by atoms with Crippen LogP contribution in [0.15, 0.2) is 29.3 Å². The van der Waals surface area contributed by atoms with Crippen molar-refractivity contribution in [1.29, 1.82) is 0 Å². The van der Waals surface area contributed by atoms with Crippen molar-refractivity contribution in [2.75, 3.05) is 37.7 Å². The van der Waals surface area contributed by atoms with E-state index in [1.165, 1.54) is 16.4 Å². The van der Waals surface area contributed by atoms with Crippen LogP contribution in [-0.2, 0) is 27.7 Å². The maximum Gasteiger partial charge on any atom is 0.244 e. The molecule has 7 nitrogen and oxygen atoms in total. The van der Waals surface area contributed by atoms with E-state index < -0.39 is 10.0 Å². The average Bonchev–Trinajstić information content (AvgIpc) is 2.69. The number of morpholine rings is 1. The van der Waals surface area contributed by atoms with E-state index in [-0.39, 0.29) is 16.5 Å². The normalized spacial score (nSPS) is 18.4. The van der Waals surface area contributed by atoms with Gasteiger partial charge in [-0.3, -0.25) is 0 Å². The largest absolute Gasteiger partial charge is 0.378 e. The number of halogens is 2. The minimum absolute atomic E-state index is 0.0163. The maximum absolute atomic E-state index is 13.1. The summed E-state index contributed by atoms with van der Waals surface area (Å²) in [6, 6.07) is 4.44. The maximum atomic E-state index is 13.1. The highest BCUT2D eigenvalue weighted by Crippen LogP contribution is 2.30. The van der Waals surface area contributed by atoms with Gasteiger partial charge in [-0.1, -0.05) is 23.2 Å². The van der Waals surface area contributed by atoms with E-state index >= 15 is 0 Å². The van der Waals surface area contributed by atoms with Gasteiger partial charge in [0.2, 0.25) is 16.0 Å². The van der Waals surface area contributed by atoms with Gasteiger partial charge in [0.05, 0.1) is 30.5 Å².